The van der Waals surface area contributed by atoms with Crippen LogP contribution in [0, 0.1) is 5.92 Å². The molecule has 3 fully saturated rings. The summed E-state index contributed by atoms with van der Waals surface area (Å²) < 4.78 is 0. The van der Waals surface area contributed by atoms with E-state index in [9.17, 15) is 9.59 Å². The van der Waals surface area contributed by atoms with E-state index in [0.717, 1.165) is 44.7 Å². The lowest BCUT2D eigenvalue weighted by Crippen LogP contribution is -2.53. The molecule has 0 bridgehead atoms. The molecular formula is C25H32N6O2. The third kappa shape index (κ3) is 4.86. The van der Waals surface area contributed by atoms with Gasteiger partial charge in [-0.15, -0.1) is 0 Å². The minimum Gasteiger partial charge on any atom is -0.368 e. The van der Waals surface area contributed by atoms with E-state index in [-0.39, 0.29) is 29.8 Å². The second kappa shape index (κ2) is 9.89. The molecule has 0 spiro atoms. The van der Waals surface area contributed by atoms with Gasteiger partial charge in [-0.1, -0.05) is 24.3 Å². The molecular weight excluding hydrogens is 416 g/mol. The van der Waals surface area contributed by atoms with Crippen LogP contribution in [0.1, 0.15) is 31.0 Å². The Morgan fingerprint density at radius 1 is 0.788 bits per heavy atom. The summed E-state index contributed by atoms with van der Waals surface area (Å²) in [6.07, 6.45) is 3.94. The quantitative estimate of drug-likeness (QED) is 0.739. The van der Waals surface area contributed by atoms with Crippen LogP contribution in [0.4, 0.5) is 5.69 Å². The number of amides is 2. The fourth-order valence-corrected chi connectivity index (χ4v) is 5.14. The van der Waals surface area contributed by atoms with E-state index in [1.54, 1.807) is 6.20 Å². The Hall–Kier alpha value is -2.97. The lowest BCUT2D eigenvalue weighted by molar-refractivity contribution is -0.141. The van der Waals surface area contributed by atoms with Crippen LogP contribution in [0.2, 0.25) is 0 Å². The summed E-state index contributed by atoms with van der Waals surface area (Å²) in [5.41, 5.74) is 8.51. The van der Waals surface area contributed by atoms with Crippen LogP contribution < -0.4 is 15.8 Å². The molecule has 0 radical (unpaired) electrons. The molecule has 3 aliphatic heterocycles. The third-order valence-corrected chi connectivity index (χ3v) is 7.11. The number of hydrogen-bond acceptors (Lipinski definition) is 6. The zero-order chi connectivity index (χ0) is 22.6. The number of piperidine rings is 1. The molecule has 2 aromatic rings. The molecule has 5 rings (SSSR count). The van der Waals surface area contributed by atoms with Crippen LogP contribution in [0.25, 0.3) is 0 Å². The van der Waals surface area contributed by atoms with E-state index < -0.39 is 0 Å². The van der Waals surface area contributed by atoms with Gasteiger partial charge in [0.05, 0.1) is 11.7 Å². The number of piperazine rings is 1. The molecule has 8 nitrogen and oxygen atoms in total. The number of nitrogens with one attached hydrogen (secondary N) is 2. The number of rotatable bonds is 4. The Morgan fingerprint density at radius 3 is 2.18 bits per heavy atom. The van der Waals surface area contributed by atoms with E-state index >= 15 is 0 Å². The summed E-state index contributed by atoms with van der Waals surface area (Å²) in [7, 11) is 0. The number of hydrogen-bond donors (Lipinski definition) is 2. The smallest absolute Gasteiger partial charge is 0.241 e. The molecule has 2 atom stereocenters. The highest BCUT2D eigenvalue weighted by molar-refractivity contribution is 5.83. The van der Waals surface area contributed by atoms with E-state index in [1.165, 1.54) is 5.69 Å². The van der Waals surface area contributed by atoms with Crippen molar-refractivity contribution in [2.45, 2.75) is 31.3 Å². The Morgan fingerprint density at radius 2 is 1.48 bits per heavy atom. The predicted molar refractivity (Wildman–Crippen MR) is 126 cm³/mol. The van der Waals surface area contributed by atoms with Crippen molar-refractivity contribution in [3.8, 4) is 0 Å². The molecule has 2 unspecified atom stereocenters. The van der Waals surface area contributed by atoms with E-state index in [0.29, 0.717) is 19.5 Å². The molecule has 3 aliphatic rings. The van der Waals surface area contributed by atoms with Crippen LogP contribution >= 0.6 is 0 Å². The molecule has 2 amide bonds. The molecule has 2 N–H and O–H groups in total. The van der Waals surface area contributed by atoms with Gasteiger partial charge in [-0.2, -0.15) is 0 Å². The van der Waals surface area contributed by atoms with Crippen LogP contribution in [0.5, 0.6) is 0 Å². The Balaban J connectivity index is 1.08. The number of para-hydroxylation sites is 1. The van der Waals surface area contributed by atoms with Gasteiger partial charge in [-0.3, -0.25) is 14.6 Å². The van der Waals surface area contributed by atoms with E-state index in [1.807, 2.05) is 34.1 Å². The zero-order valence-electron chi connectivity index (χ0n) is 18.9. The van der Waals surface area contributed by atoms with E-state index in [4.69, 9.17) is 0 Å². The number of carbonyl (C=O) groups is 2. The topological polar surface area (TPSA) is 80.8 Å². The molecule has 3 saturated heterocycles. The van der Waals surface area contributed by atoms with Gasteiger partial charge in [0.1, 0.15) is 6.04 Å². The fraction of sp³-hybridized carbons (Fsp3) is 0.480. The summed E-state index contributed by atoms with van der Waals surface area (Å²) >= 11 is 0. The van der Waals surface area contributed by atoms with Crippen molar-refractivity contribution in [2.75, 3.05) is 44.2 Å². The largest absolute Gasteiger partial charge is 0.368 e. The van der Waals surface area contributed by atoms with E-state index in [2.05, 4.69) is 45.0 Å². The van der Waals surface area contributed by atoms with Crippen LogP contribution in [-0.4, -0.2) is 71.9 Å². The summed E-state index contributed by atoms with van der Waals surface area (Å²) in [6, 6.07) is 16.0. The van der Waals surface area contributed by atoms with Crippen molar-refractivity contribution < 1.29 is 9.59 Å². The number of likely N-dealkylation sites (tertiary alicyclic amines) is 1. The van der Waals surface area contributed by atoms with Crippen molar-refractivity contribution in [3.63, 3.8) is 0 Å². The summed E-state index contributed by atoms with van der Waals surface area (Å²) in [4.78, 5) is 36.8. The van der Waals surface area contributed by atoms with Crippen LogP contribution in [-0.2, 0) is 9.59 Å². The fourth-order valence-electron chi connectivity index (χ4n) is 5.14. The minimum absolute atomic E-state index is 0.0215. The van der Waals surface area contributed by atoms with Gasteiger partial charge in [-0.25, -0.2) is 10.9 Å². The predicted octanol–water partition coefficient (Wildman–Crippen LogP) is 1.58. The zero-order valence-corrected chi connectivity index (χ0v) is 18.9. The van der Waals surface area contributed by atoms with Gasteiger partial charge in [0.2, 0.25) is 11.8 Å². The molecule has 0 saturated carbocycles. The second-order valence-corrected chi connectivity index (χ2v) is 9.13. The highest BCUT2D eigenvalue weighted by Crippen LogP contribution is 2.25. The molecule has 1 aromatic heterocycles. The number of benzene rings is 1. The maximum atomic E-state index is 13.1. The first kappa shape index (κ1) is 21.9. The molecule has 8 heteroatoms. The minimum atomic E-state index is -0.254. The van der Waals surface area contributed by atoms with Gasteiger partial charge in [0.25, 0.3) is 0 Å². The molecule has 1 aromatic carbocycles. The van der Waals surface area contributed by atoms with Gasteiger partial charge < -0.3 is 14.7 Å². The first-order valence-corrected chi connectivity index (χ1v) is 12.0. The average molecular weight is 449 g/mol. The Bertz CT molecular complexity index is 940. The second-order valence-electron chi connectivity index (χ2n) is 9.13. The first-order chi connectivity index (χ1) is 16.2. The first-order valence-electron chi connectivity index (χ1n) is 12.0. The lowest BCUT2D eigenvalue weighted by Gasteiger charge is -2.39. The standard InChI is InChI=1S/C25H32N6O2/c32-24(31-16-14-29(15-17-31)20-6-2-1-3-7-20)19-9-12-30(13-10-19)25(33)23-18-22(27-28-23)21-8-4-5-11-26-21/h1-8,11,19,22-23,27-28H,9-10,12-18H2. The Labute approximate surface area is 194 Å². The number of pyridine rings is 1. The van der Waals surface area contributed by atoms with Gasteiger partial charge in [-0.05, 0) is 43.5 Å². The number of hydrazine groups is 1. The van der Waals surface area contributed by atoms with Crippen LogP contribution in [0.15, 0.2) is 54.7 Å². The summed E-state index contributed by atoms with van der Waals surface area (Å²) in [5, 5.41) is 0. The van der Waals surface area contributed by atoms with Crippen molar-refractivity contribution in [3.05, 3.63) is 60.4 Å². The summed E-state index contributed by atoms with van der Waals surface area (Å²) in [6.45, 7) is 4.55. The SMILES string of the molecule is O=C(C1CCN(C(=O)C2CC(c3ccccn3)NN2)CC1)N1CCN(c2ccccc2)CC1. The average Bonchev–Trinajstić information content (AvgIpc) is 3.40. The lowest BCUT2D eigenvalue weighted by atomic mass is 9.94. The summed E-state index contributed by atoms with van der Waals surface area (Å²) in [5.74, 6) is 0.391. The number of carbonyl (C=O) groups excluding carboxylic acids is 2. The van der Waals surface area contributed by atoms with Gasteiger partial charge in [0.15, 0.2) is 0 Å². The Kier molecular flexibility index (Phi) is 6.55. The van der Waals surface area contributed by atoms with Crippen molar-refractivity contribution in [1.82, 2.24) is 25.6 Å². The molecule has 33 heavy (non-hydrogen) atoms. The maximum Gasteiger partial charge on any atom is 0.241 e. The molecule has 0 aliphatic carbocycles. The molecule has 174 valence electrons. The van der Waals surface area contributed by atoms with Crippen molar-refractivity contribution >= 4 is 17.5 Å². The highest BCUT2D eigenvalue weighted by Gasteiger charge is 2.36. The normalized spacial score (nSPS) is 24.2. The number of anilines is 1. The highest BCUT2D eigenvalue weighted by atomic mass is 16.2. The van der Waals surface area contributed by atoms with Crippen molar-refractivity contribution in [2.24, 2.45) is 5.92 Å². The monoisotopic (exact) mass is 448 g/mol. The maximum absolute atomic E-state index is 13.1. The number of nitrogens with zero attached hydrogens (tertiary/aromatic N) is 4. The third-order valence-electron chi connectivity index (χ3n) is 7.11. The van der Waals surface area contributed by atoms with Crippen LogP contribution in [0.3, 0.4) is 0 Å². The van der Waals surface area contributed by atoms with Crippen molar-refractivity contribution in [1.29, 1.82) is 0 Å². The van der Waals surface area contributed by atoms with Gasteiger partial charge >= 0.3 is 0 Å². The number of aromatic nitrogens is 1. The molecule has 4 heterocycles. The van der Waals surface area contributed by atoms with Gasteiger partial charge in [0, 0.05) is 57.1 Å².